The number of anilines is 1. The van der Waals surface area contributed by atoms with Gasteiger partial charge >= 0.3 is 0 Å². The molecule has 0 atom stereocenters. The zero-order valence-electron chi connectivity index (χ0n) is 7.59. The van der Waals surface area contributed by atoms with Crippen molar-refractivity contribution in [3.05, 3.63) is 46.9 Å². The van der Waals surface area contributed by atoms with E-state index in [1.807, 2.05) is 0 Å². The fourth-order valence-corrected chi connectivity index (χ4v) is 1.15. The van der Waals surface area contributed by atoms with E-state index in [9.17, 15) is 9.18 Å². The first kappa shape index (κ1) is 9.32. The van der Waals surface area contributed by atoms with Crippen LogP contribution in [0.3, 0.4) is 0 Å². The van der Waals surface area contributed by atoms with E-state index in [0.29, 0.717) is 0 Å². The molecule has 2 N–H and O–H groups in total. The topological polar surface area (TPSA) is 73.8 Å². The monoisotopic (exact) mass is 206 g/mol. The van der Waals surface area contributed by atoms with Crippen molar-refractivity contribution >= 4 is 5.82 Å². The van der Waals surface area contributed by atoms with Gasteiger partial charge < -0.3 is 5.73 Å². The first-order valence-electron chi connectivity index (χ1n) is 4.14. The summed E-state index contributed by atoms with van der Waals surface area (Å²) in [4.78, 5) is 18.8. The average Bonchev–Trinajstić information content (AvgIpc) is 2.23. The van der Waals surface area contributed by atoms with Crippen LogP contribution in [0.4, 0.5) is 10.2 Å². The molecule has 0 aliphatic carbocycles. The van der Waals surface area contributed by atoms with Crippen LogP contribution in [-0.4, -0.2) is 14.5 Å². The van der Waals surface area contributed by atoms with E-state index in [2.05, 4.69) is 9.97 Å². The summed E-state index contributed by atoms with van der Waals surface area (Å²) in [5, 5.41) is 0. The number of nitrogens with two attached hydrogens (primary N) is 1. The molecule has 0 aliphatic rings. The van der Waals surface area contributed by atoms with Gasteiger partial charge in [-0.15, -0.1) is 0 Å². The molecule has 15 heavy (non-hydrogen) atoms. The van der Waals surface area contributed by atoms with E-state index < -0.39 is 11.4 Å². The van der Waals surface area contributed by atoms with Crippen molar-refractivity contribution in [2.75, 3.05) is 5.73 Å². The summed E-state index contributed by atoms with van der Waals surface area (Å²) in [6.45, 7) is 0. The highest BCUT2D eigenvalue weighted by Crippen LogP contribution is 2.06. The second kappa shape index (κ2) is 3.49. The molecule has 2 heterocycles. The maximum atomic E-state index is 13.3. The second-order valence-corrected chi connectivity index (χ2v) is 2.80. The molecule has 2 rings (SSSR count). The highest BCUT2D eigenvalue weighted by atomic mass is 19.1. The third kappa shape index (κ3) is 1.56. The van der Waals surface area contributed by atoms with Gasteiger partial charge in [0.05, 0.1) is 0 Å². The Hall–Kier alpha value is -2.24. The zero-order chi connectivity index (χ0) is 10.8. The number of halogens is 1. The maximum Gasteiger partial charge on any atom is 0.298 e. The molecule has 0 bridgehead atoms. The smallest absolute Gasteiger partial charge is 0.298 e. The quantitative estimate of drug-likeness (QED) is 0.730. The van der Waals surface area contributed by atoms with Crippen LogP contribution in [0.2, 0.25) is 0 Å². The molecule has 0 radical (unpaired) electrons. The third-order valence-corrected chi connectivity index (χ3v) is 1.83. The molecule has 0 saturated carbocycles. The van der Waals surface area contributed by atoms with Gasteiger partial charge in [0.25, 0.3) is 5.56 Å². The number of rotatable bonds is 1. The Balaban J connectivity index is 2.70. The molecule has 0 spiro atoms. The SMILES string of the molecule is Nc1nccn(-c2ncccc2F)c1=O. The van der Waals surface area contributed by atoms with E-state index >= 15 is 0 Å². The summed E-state index contributed by atoms with van der Waals surface area (Å²) >= 11 is 0. The predicted molar refractivity (Wildman–Crippen MR) is 52.0 cm³/mol. The molecular formula is C9H7FN4O. The van der Waals surface area contributed by atoms with Gasteiger partial charge in [-0.2, -0.15) is 0 Å². The Bertz CT molecular complexity index is 552. The van der Waals surface area contributed by atoms with Gasteiger partial charge in [0.2, 0.25) is 0 Å². The second-order valence-electron chi connectivity index (χ2n) is 2.80. The third-order valence-electron chi connectivity index (χ3n) is 1.83. The molecule has 0 fully saturated rings. The maximum absolute atomic E-state index is 13.3. The summed E-state index contributed by atoms with van der Waals surface area (Å²) < 4.78 is 14.3. The molecule has 2 aromatic heterocycles. The van der Waals surface area contributed by atoms with Gasteiger partial charge in [0.1, 0.15) is 0 Å². The normalized spacial score (nSPS) is 10.2. The number of hydrogen-bond acceptors (Lipinski definition) is 4. The van der Waals surface area contributed by atoms with Crippen LogP contribution in [-0.2, 0) is 0 Å². The van der Waals surface area contributed by atoms with Gasteiger partial charge in [-0.25, -0.2) is 14.4 Å². The minimum atomic E-state index is -0.592. The minimum Gasteiger partial charge on any atom is -0.379 e. The first-order chi connectivity index (χ1) is 7.20. The molecular weight excluding hydrogens is 199 g/mol. The van der Waals surface area contributed by atoms with Gasteiger partial charge in [-0.3, -0.25) is 9.36 Å². The Morgan fingerprint density at radius 2 is 2.13 bits per heavy atom. The molecule has 2 aromatic rings. The molecule has 0 aliphatic heterocycles. The van der Waals surface area contributed by atoms with Gasteiger partial charge in [-0.05, 0) is 12.1 Å². The molecule has 76 valence electrons. The summed E-state index contributed by atoms with van der Waals surface area (Å²) in [5.41, 5.74) is 4.73. The molecule has 0 saturated heterocycles. The Labute approximate surface area is 84.0 Å². The van der Waals surface area contributed by atoms with Gasteiger partial charge in [0, 0.05) is 18.6 Å². The lowest BCUT2D eigenvalue weighted by Crippen LogP contribution is -2.23. The van der Waals surface area contributed by atoms with Crippen LogP contribution in [0.5, 0.6) is 0 Å². The summed E-state index contributed by atoms with van der Waals surface area (Å²) in [5.74, 6) is -0.871. The van der Waals surface area contributed by atoms with Crippen LogP contribution in [0, 0.1) is 5.82 Å². The standard InChI is InChI=1S/C9H7FN4O/c10-6-2-1-3-13-8(6)14-5-4-12-7(11)9(14)15/h1-5H,(H2,11,12). The highest BCUT2D eigenvalue weighted by molar-refractivity contribution is 5.30. The lowest BCUT2D eigenvalue weighted by Gasteiger charge is -2.04. The molecule has 6 heteroatoms. The Morgan fingerprint density at radius 3 is 2.87 bits per heavy atom. The number of pyridine rings is 1. The van der Waals surface area contributed by atoms with Crippen molar-refractivity contribution in [1.82, 2.24) is 14.5 Å². The van der Waals surface area contributed by atoms with E-state index in [4.69, 9.17) is 5.73 Å². The van der Waals surface area contributed by atoms with Crippen molar-refractivity contribution in [2.45, 2.75) is 0 Å². The van der Waals surface area contributed by atoms with Crippen LogP contribution in [0.15, 0.2) is 35.5 Å². The lowest BCUT2D eigenvalue weighted by molar-refractivity contribution is 0.607. The summed E-state index contributed by atoms with van der Waals surface area (Å²) in [6, 6.07) is 2.65. The lowest BCUT2D eigenvalue weighted by atomic mass is 10.4. The molecule has 0 unspecified atom stereocenters. The van der Waals surface area contributed by atoms with Crippen LogP contribution >= 0.6 is 0 Å². The van der Waals surface area contributed by atoms with E-state index in [-0.39, 0.29) is 11.6 Å². The fourth-order valence-electron chi connectivity index (χ4n) is 1.15. The number of nitrogens with zero attached hydrogens (tertiary/aromatic N) is 3. The molecule has 5 nitrogen and oxygen atoms in total. The minimum absolute atomic E-state index is 0.0865. The average molecular weight is 206 g/mol. The Kier molecular flexibility index (Phi) is 2.17. The van der Waals surface area contributed by atoms with Crippen molar-refractivity contribution in [3.63, 3.8) is 0 Å². The largest absolute Gasteiger partial charge is 0.379 e. The first-order valence-corrected chi connectivity index (χ1v) is 4.14. The Morgan fingerprint density at radius 1 is 1.33 bits per heavy atom. The predicted octanol–water partition coefficient (Wildman–Crippen LogP) is 0.349. The summed E-state index contributed by atoms with van der Waals surface area (Å²) in [6.07, 6.45) is 4.01. The van der Waals surface area contributed by atoms with Crippen molar-refractivity contribution < 1.29 is 4.39 Å². The zero-order valence-corrected chi connectivity index (χ0v) is 7.59. The van der Waals surface area contributed by atoms with Crippen molar-refractivity contribution in [2.24, 2.45) is 0 Å². The number of hydrogen-bond donors (Lipinski definition) is 1. The van der Waals surface area contributed by atoms with Crippen LogP contribution in [0.25, 0.3) is 5.82 Å². The van der Waals surface area contributed by atoms with Gasteiger partial charge in [-0.1, -0.05) is 0 Å². The highest BCUT2D eigenvalue weighted by Gasteiger charge is 2.08. The molecule has 0 amide bonds. The number of nitrogen functional groups attached to an aromatic ring is 1. The fraction of sp³-hybridized carbons (Fsp3) is 0. The van der Waals surface area contributed by atoms with Crippen LogP contribution in [0.1, 0.15) is 0 Å². The number of aromatic nitrogens is 3. The van der Waals surface area contributed by atoms with Gasteiger partial charge in [0.15, 0.2) is 17.5 Å². The molecule has 0 aromatic carbocycles. The van der Waals surface area contributed by atoms with E-state index in [0.717, 1.165) is 4.57 Å². The van der Waals surface area contributed by atoms with E-state index in [1.165, 1.54) is 30.7 Å². The van der Waals surface area contributed by atoms with Crippen LogP contribution < -0.4 is 11.3 Å². The van der Waals surface area contributed by atoms with E-state index in [1.54, 1.807) is 0 Å². The van der Waals surface area contributed by atoms with Crippen molar-refractivity contribution in [1.29, 1.82) is 0 Å². The van der Waals surface area contributed by atoms with Crippen molar-refractivity contribution in [3.8, 4) is 5.82 Å². The summed E-state index contributed by atoms with van der Waals surface area (Å²) in [7, 11) is 0.